The molecule has 1 aliphatic rings. The molecule has 0 radical (unpaired) electrons. The number of hydrogen-bond acceptors (Lipinski definition) is 3. The van der Waals surface area contributed by atoms with Gasteiger partial charge in [-0.3, -0.25) is 0 Å². The number of nitrogen functional groups attached to an aromatic ring is 1. The van der Waals surface area contributed by atoms with Gasteiger partial charge in [-0.25, -0.2) is 9.97 Å². The molecule has 0 unspecified atom stereocenters. The van der Waals surface area contributed by atoms with Crippen LogP contribution < -0.4 is 5.73 Å². The number of anilines is 1. The summed E-state index contributed by atoms with van der Waals surface area (Å²) in [6.45, 7) is 5.99. The van der Waals surface area contributed by atoms with Gasteiger partial charge in [0.15, 0.2) is 0 Å². The maximum absolute atomic E-state index is 5.43. The van der Waals surface area contributed by atoms with Gasteiger partial charge in [0.2, 0.25) is 5.95 Å². The van der Waals surface area contributed by atoms with Crippen molar-refractivity contribution in [3.63, 3.8) is 0 Å². The van der Waals surface area contributed by atoms with Crippen molar-refractivity contribution in [3.05, 3.63) is 17.5 Å². The molecule has 0 aliphatic heterocycles. The molecule has 72 valence electrons. The summed E-state index contributed by atoms with van der Waals surface area (Å²) in [6.07, 6.45) is 4.43. The van der Waals surface area contributed by atoms with Crippen LogP contribution in [0.15, 0.2) is 6.20 Å². The highest BCUT2D eigenvalue weighted by atomic mass is 15.0. The zero-order valence-corrected chi connectivity index (χ0v) is 8.54. The average Bonchev–Trinajstić information content (AvgIpc) is 2.91. The Bertz CT molecular complexity index is 279. The Kier molecular flexibility index (Phi) is 3.23. The number of nitrogens with zero attached hydrogens (tertiary/aromatic N) is 2. The lowest BCUT2D eigenvalue weighted by Crippen LogP contribution is -1.99. The maximum atomic E-state index is 5.43. The minimum Gasteiger partial charge on any atom is -0.368 e. The van der Waals surface area contributed by atoms with Gasteiger partial charge < -0.3 is 5.73 Å². The van der Waals surface area contributed by atoms with E-state index in [1.165, 1.54) is 18.4 Å². The highest BCUT2D eigenvalue weighted by molar-refractivity contribution is 5.29. The van der Waals surface area contributed by atoms with E-state index in [9.17, 15) is 0 Å². The van der Waals surface area contributed by atoms with E-state index in [0.717, 1.165) is 11.6 Å². The van der Waals surface area contributed by atoms with Crippen LogP contribution in [-0.2, 0) is 0 Å². The van der Waals surface area contributed by atoms with Gasteiger partial charge in [-0.05, 0) is 31.2 Å². The summed E-state index contributed by atoms with van der Waals surface area (Å²) < 4.78 is 0. The van der Waals surface area contributed by atoms with Crippen LogP contribution in [0, 0.1) is 6.92 Å². The molecule has 0 saturated heterocycles. The topological polar surface area (TPSA) is 51.8 Å². The summed E-state index contributed by atoms with van der Waals surface area (Å²) in [5.74, 6) is 1.10. The molecule has 1 fully saturated rings. The third-order valence-corrected chi connectivity index (χ3v) is 2.05. The molecule has 1 saturated carbocycles. The predicted octanol–water partition coefficient (Wildman–Crippen LogP) is 2.27. The fourth-order valence-corrected chi connectivity index (χ4v) is 1.29. The van der Waals surface area contributed by atoms with Crippen LogP contribution in [0.5, 0.6) is 0 Å². The van der Waals surface area contributed by atoms with Crippen LogP contribution in [0.25, 0.3) is 0 Å². The van der Waals surface area contributed by atoms with Gasteiger partial charge in [-0.15, -0.1) is 0 Å². The third kappa shape index (κ3) is 2.41. The molecule has 1 aliphatic carbocycles. The number of aromatic nitrogens is 2. The van der Waals surface area contributed by atoms with Crippen molar-refractivity contribution in [2.45, 2.75) is 39.5 Å². The summed E-state index contributed by atoms with van der Waals surface area (Å²) in [6, 6.07) is 0. The smallest absolute Gasteiger partial charge is 0.220 e. The normalized spacial score (nSPS) is 14.7. The van der Waals surface area contributed by atoms with Gasteiger partial charge in [-0.1, -0.05) is 13.8 Å². The van der Waals surface area contributed by atoms with E-state index >= 15 is 0 Å². The number of hydrogen-bond donors (Lipinski definition) is 1. The molecule has 2 N–H and O–H groups in total. The van der Waals surface area contributed by atoms with E-state index in [1.54, 1.807) is 0 Å². The van der Waals surface area contributed by atoms with Gasteiger partial charge in [0.25, 0.3) is 0 Å². The van der Waals surface area contributed by atoms with Crippen molar-refractivity contribution in [1.82, 2.24) is 9.97 Å². The Hall–Kier alpha value is -1.12. The first-order valence-electron chi connectivity index (χ1n) is 4.86. The Balaban J connectivity index is 0.000000396. The van der Waals surface area contributed by atoms with Crippen LogP contribution in [0.4, 0.5) is 5.95 Å². The Labute approximate surface area is 79.4 Å². The van der Waals surface area contributed by atoms with Crippen molar-refractivity contribution in [2.24, 2.45) is 0 Å². The number of nitrogens with two attached hydrogens (primary N) is 1. The minimum absolute atomic E-state index is 0.381. The van der Waals surface area contributed by atoms with Gasteiger partial charge in [0.05, 0.1) is 0 Å². The molecule has 3 heteroatoms. The zero-order valence-electron chi connectivity index (χ0n) is 8.54. The lowest BCUT2D eigenvalue weighted by Gasteiger charge is -2.01. The van der Waals surface area contributed by atoms with E-state index in [4.69, 9.17) is 5.73 Å². The number of aryl methyl sites for hydroxylation is 1. The summed E-state index contributed by atoms with van der Waals surface area (Å²) in [5, 5.41) is 0. The molecule has 13 heavy (non-hydrogen) atoms. The maximum Gasteiger partial charge on any atom is 0.220 e. The summed E-state index contributed by atoms with van der Waals surface area (Å²) in [5.41, 5.74) is 7.74. The van der Waals surface area contributed by atoms with Gasteiger partial charge in [0.1, 0.15) is 0 Å². The fraction of sp³-hybridized carbons (Fsp3) is 0.600. The zero-order chi connectivity index (χ0) is 9.84. The molecule has 1 aromatic rings. The molecular weight excluding hydrogens is 162 g/mol. The Morgan fingerprint density at radius 3 is 2.46 bits per heavy atom. The van der Waals surface area contributed by atoms with E-state index in [2.05, 4.69) is 9.97 Å². The van der Waals surface area contributed by atoms with Gasteiger partial charge in [-0.2, -0.15) is 0 Å². The van der Waals surface area contributed by atoms with Crippen molar-refractivity contribution < 1.29 is 0 Å². The number of rotatable bonds is 1. The SMILES string of the molecule is CC.Cc1nc(N)ncc1C1CC1. The van der Waals surface area contributed by atoms with Crippen LogP contribution in [-0.4, -0.2) is 9.97 Å². The molecule has 3 nitrogen and oxygen atoms in total. The lowest BCUT2D eigenvalue weighted by molar-refractivity contribution is 0.996. The largest absolute Gasteiger partial charge is 0.368 e. The van der Waals surface area contributed by atoms with Crippen molar-refractivity contribution in [2.75, 3.05) is 5.73 Å². The van der Waals surface area contributed by atoms with Crippen LogP contribution in [0.2, 0.25) is 0 Å². The minimum atomic E-state index is 0.381. The molecule has 0 atom stereocenters. The first-order chi connectivity index (χ1) is 6.27. The highest BCUT2D eigenvalue weighted by Gasteiger charge is 2.25. The molecule has 0 bridgehead atoms. The predicted molar refractivity (Wildman–Crippen MR) is 54.5 cm³/mol. The molecule has 0 amide bonds. The fourth-order valence-electron chi connectivity index (χ4n) is 1.29. The van der Waals surface area contributed by atoms with Crippen molar-refractivity contribution >= 4 is 5.95 Å². The molecule has 0 aromatic carbocycles. The lowest BCUT2D eigenvalue weighted by atomic mass is 10.1. The van der Waals surface area contributed by atoms with E-state index in [-0.39, 0.29) is 0 Å². The Morgan fingerprint density at radius 1 is 1.38 bits per heavy atom. The van der Waals surface area contributed by atoms with Crippen LogP contribution in [0.1, 0.15) is 43.9 Å². The average molecular weight is 179 g/mol. The molecule has 1 aromatic heterocycles. The van der Waals surface area contributed by atoms with E-state index in [1.807, 2.05) is 27.0 Å². The van der Waals surface area contributed by atoms with Crippen LogP contribution >= 0.6 is 0 Å². The summed E-state index contributed by atoms with van der Waals surface area (Å²) in [7, 11) is 0. The first kappa shape index (κ1) is 9.96. The van der Waals surface area contributed by atoms with Gasteiger partial charge >= 0.3 is 0 Å². The van der Waals surface area contributed by atoms with Crippen molar-refractivity contribution in [1.29, 1.82) is 0 Å². The summed E-state index contributed by atoms with van der Waals surface area (Å²) >= 11 is 0. The van der Waals surface area contributed by atoms with E-state index in [0.29, 0.717) is 5.95 Å². The first-order valence-corrected chi connectivity index (χ1v) is 4.86. The molecular formula is C10H17N3. The van der Waals surface area contributed by atoms with Gasteiger partial charge in [0, 0.05) is 11.9 Å². The molecule has 0 spiro atoms. The Morgan fingerprint density at radius 2 is 2.00 bits per heavy atom. The third-order valence-electron chi connectivity index (χ3n) is 2.05. The second kappa shape index (κ2) is 4.21. The highest BCUT2D eigenvalue weighted by Crippen LogP contribution is 2.40. The van der Waals surface area contributed by atoms with Crippen molar-refractivity contribution in [3.8, 4) is 0 Å². The van der Waals surface area contributed by atoms with Crippen LogP contribution in [0.3, 0.4) is 0 Å². The summed E-state index contributed by atoms with van der Waals surface area (Å²) in [4.78, 5) is 8.07. The molecule has 1 heterocycles. The quantitative estimate of drug-likeness (QED) is 0.719. The second-order valence-electron chi connectivity index (χ2n) is 3.04. The standard InChI is InChI=1S/C8H11N3.C2H6/c1-5-7(6-2-3-6)4-10-8(9)11-5;1-2/h4,6H,2-3H2,1H3,(H2,9,10,11);1-2H3. The van der Waals surface area contributed by atoms with E-state index < -0.39 is 0 Å². The second-order valence-corrected chi connectivity index (χ2v) is 3.04. The molecule has 2 rings (SSSR count). The monoisotopic (exact) mass is 179 g/mol.